The first kappa shape index (κ1) is 19.1. The van der Waals surface area contributed by atoms with Gasteiger partial charge in [-0.2, -0.15) is 0 Å². The number of anilines is 1. The number of ketones is 1. The highest BCUT2D eigenvalue weighted by Gasteiger charge is 2.20. The number of ether oxygens (including phenoxy) is 1. The molecule has 25 heavy (non-hydrogen) atoms. The number of halogens is 2. The average Bonchev–Trinajstić information content (AvgIpc) is 3.03. The number of aromatic nitrogens is 1. The fourth-order valence-corrected chi connectivity index (χ4v) is 2.67. The van der Waals surface area contributed by atoms with E-state index in [-0.39, 0.29) is 17.4 Å². The smallest absolute Gasteiger partial charge is 0.381 e. The highest BCUT2D eigenvalue weighted by molar-refractivity contribution is 7.14. The topological polar surface area (TPSA) is 85.4 Å². The number of hydrogen-bond acceptors (Lipinski definition) is 6. The largest absolute Gasteiger partial charge is 0.460 e. The van der Waals surface area contributed by atoms with E-state index < -0.39 is 17.7 Å². The summed E-state index contributed by atoms with van der Waals surface area (Å²) in [5.74, 6) is -2.29. The second-order valence-electron chi connectivity index (χ2n) is 4.58. The lowest BCUT2D eigenvalue weighted by Gasteiger charge is -1.99. The maximum atomic E-state index is 11.9. The van der Waals surface area contributed by atoms with Crippen LogP contribution >= 0.6 is 34.5 Å². The minimum atomic E-state index is -0.981. The van der Waals surface area contributed by atoms with E-state index >= 15 is 0 Å². The van der Waals surface area contributed by atoms with Crippen LogP contribution in [0.1, 0.15) is 23.0 Å². The quantitative estimate of drug-likeness (QED) is 0.345. The molecule has 1 amide bonds. The number of nitrogens with one attached hydrogen (secondary N) is 1. The molecule has 0 aliphatic carbocycles. The van der Waals surface area contributed by atoms with Gasteiger partial charge in [-0.15, -0.1) is 11.3 Å². The third kappa shape index (κ3) is 5.38. The van der Waals surface area contributed by atoms with Crippen molar-refractivity contribution in [1.29, 1.82) is 0 Å². The number of esters is 1. The van der Waals surface area contributed by atoms with Crippen LogP contribution in [0.25, 0.3) is 6.08 Å². The van der Waals surface area contributed by atoms with E-state index in [1.54, 1.807) is 31.2 Å². The Kier molecular flexibility index (Phi) is 6.69. The van der Waals surface area contributed by atoms with Gasteiger partial charge in [0.2, 0.25) is 5.91 Å². The third-order valence-electron chi connectivity index (χ3n) is 2.80. The summed E-state index contributed by atoms with van der Waals surface area (Å²) in [6.45, 7) is 1.69. The van der Waals surface area contributed by atoms with Crippen molar-refractivity contribution in [2.75, 3.05) is 11.9 Å². The van der Waals surface area contributed by atoms with Crippen LogP contribution in [0.3, 0.4) is 0 Å². The molecule has 1 aromatic carbocycles. The van der Waals surface area contributed by atoms with Crippen LogP contribution in [0, 0.1) is 0 Å². The Labute approximate surface area is 157 Å². The standard InChI is InChI=1S/C16H12Cl2N2O4S/c1-2-24-15(23)14(22)12-8-25-16(19-12)20-13(21)6-4-9-3-5-10(17)11(18)7-9/h3-8H,2H2,1H3,(H,19,20,21). The predicted octanol–water partition coefficient (Wildman–Crippen LogP) is 3.85. The molecule has 1 aromatic heterocycles. The van der Waals surface area contributed by atoms with Crippen LogP contribution in [0.4, 0.5) is 5.13 Å². The monoisotopic (exact) mass is 398 g/mol. The first-order valence-corrected chi connectivity index (χ1v) is 8.65. The van der Waals surface area contributed by atoms with E-state index in [2.05, 4.69) is 15.0 Å². The van der Waals surface area contributed by atoms with Crippen molar-refractivity contribution in [3.63, 3.8) is 0 Å². The average molecular weight is 399 g/mol. The molecule has 130 valence electrons. The lowest BCUT2D eigenvalue weighted by Crippen LogP contribution is -2.18. The molecule has 2 aromatic rings. The van der Waals surface area contributed by atoms with Gasteiger partial charge in [-0.05, 0) is 30.7 Å². The lowest BCUT2D eigenvalue weighted by atomic mass is 10.2. The van der Waals surface area contributed by atoms with E-state index in [4.69, 9.17) is 23.2 Å². The van der Waals surface area contributed by atoms with Crippen LogP contribution in [-0.2, 0) is 14.3 Å². The molecular formula is C16H12Cl2N2O4S. The molecule has 0 aliphatic rings. The van der Waals surface area contributed by atoms with Gasteiger partial charge in [0, 0.05) is 11.5 Å². The maximum Gasteiger partial charge on any atom is 0.381 e. The normalized spacial score (nSPS) is 10.7. The minimum Gasteiger partial charge on any atom is -0.460 e. The Balaban J connectivity index is 1.99. The van der Waals surface area contributed by atoms with Crippen LogP contribution in [0.5, 0.6) is 0 Å². The third-order valence-corrected chi connectivity index (χ3v) is 4.30. The van der Waals surface area contributed by atoms with Gasteiger partial charge in [0.25, 0.3) is 5.78 Å². The zero-order chi connectivity index (χ0) is 18.4. The summed E-state index contributed by atoms with van der Waals surface area (Å²) in [4.78, 5) is 38.9. The SMILES string of the molecule is CCOC(=O)C(=O)c1csc(NC(=O)C=Cc2ccc(Cl)c(Cl)c2)n1. The van der Waals surface area contributed by atoms with Crippen molar-refractivity contribution in [2.45, 2.75) is 6.92 Å². The number of nitrogens with zero attached hydrogens (tertiary/aromatic N) is 1. The Morgan fingerprint density at radius 2 is 2.04 bits per heavy atom. The van der Waals surface area contributed by atoms with Crippen LogP contribution in [0.2, 0.25) is 10.0 Å². The van der Waals surface area contributed by atoms with Crippen LogP contribution in [-0.4, -0.2) is 29.3 Å². The first-order valence-electron chi connectivity index (χ1n) is 7.01. The molecule has 2 rings (SSSR count). The first-order chi connectivity index (χ1) is 11.9. The molecule has 9 heteroatoms. The summed E-state index contributed by atoms with van der Waals surface area (Å²) in [6, 6.07) is 4.94. The number of carbonyl (C=O) groups excluding carboxylic acids is 3. The summed E-state index contributed by atoms with van der Waals surface area (Å²) < 4.78 is 4.61. The van der Waals surface area contributed by atoms with E-state index in [1.807, 2.05) is 0 Å². The highest BCUT2D eigenvalue weighted by Crippen LogP contribution is 2.23. The summed E-state index contributed by atoms with van der Waals surface area (Å²) in [7, 11) is 0. The molecule has 6 nitrogen and oxygen atoms in total. The van der Waals surface area contributed by atoms with Crippen molar-refractivity contribution in [1.82, 2.24) is 4.98 Å². The van der Waals surface area contributed by atoms with Gasteiger partial charge < -0.3 is 4.74 Å². The molecule has 1 heterocycles. The summed E-state index contributed by atoms with van der Waals surface area (Å²) in [5, 5.41) is 4.87. The van der Waals surface area contributed by atoms with Gasteiger partial charge in [0.15, 0.2) is 5.13 Å². The summed E-state index contributed by atoms with van der Waals surface area (Å²) >= 11 is 12.7. The molecule has 0 spiro atoms. The van der Waals surface area contributed by atoms with Gasteiger partial charge in [-0.25, -0.2) is 9.78 Å². The molecule has 1 N–H and O–H groups in total. The molecule has 0 saturated heterocycles. The Bertz CT molecular complexity index is 848. The second-order valence-corrected chi connectivity index (χ2v) is 6.26. The van der Waals surface area contributed by atoms with Gasteiger partial charge in [-0.1, -0.05) is 29.3 Å². The number of rotatable bonds is 6. The zero-order valence-electron chi connectivity index (χ0n) is 12.9. The number of benzene rings is 1. The molecule has 0 atom stereocenters. The minimum absolute atomic E-state index is 0.0767. The highest BCUT2D eigenvalue weighted by atomic mass is 35.5. The van der Waals surface area contributed by atoms with Crippen molar-refractivity contribution in [2.24, 2.45) is 0 Å². The number of carbonyl (C=O) groups is 3. The molecule has 0 aliphatic heterocycles. The van der Waals surface area contributed by atoms with E-state index in [0.29, 0.717) is 15.6 Å². The summed E-state index contributed by atoms with van der Waals surface area (Å²) in [6.07, 6.45) is 2.84. The van der Waals surface area contributed by atoms with E-state index in [9.17, 15) is 14.4 Å². The van der Waals surface area contributed by atoms with Crippen molar-refractivity contribution in [3.05, 3.63) is 51.0 Å². The molecule has 0 unspecified atom stereocenters. The van der Waals surface area contributed by atoms with Gasteiger partial charge in [0.1, 0.15) is 5.69 Å². The molecule has 0 radical (unpaired) electrons. The number of amides is 1. The molecule has 0 saturated carbocycles. The van der Waals surface area contributed by atoms with Gasteiger partial charge in [-0.3, -0.25) is 14.9 Å². The number of thiazole rings is 1. The van der Waals surface area contributed by atoms with Gasteiger partial charge in [0.05, 0.1) is 16.7 Å². The van der Waals surface area contributed by atoms with Crippen molar-refractivity contribution in [3.8, 4) is 0 Å². The van der Waals surface area contributed by atoms with Crippen molar-refractivity contribution < 1.29 is 19.1 Å². The Hall–Kier alpha value is -2.22. The fraction of sp³-hybridized carbons (Fsp3) is 0.125. The number of hydrogen-bond donors (Lipinski definition) is 1. The molecular weight excluding hydrogens is 387 g/mol. The lowest BCUT2D eigenvalue weighted by molar-refractivity contribution is -0.137. The fourth-order valence-electron chi connectivity index (χ4n) is 1.67. The molecule has 0 bridgehead atoms. The van der Waals surface area contributed by atoms with Crippen LogP contribution < -0.4 is 5.32 Å². The van der Waals surface area contributed by atoms with Crippen LogP contribution in [0.15, 0.2) is 29.7 Å². The zero-order valence-corrected chi connectivity index (χ0v) is 15.2. The van der Waals surface area contributed by atoms with Crippen molar-refractivity contribution >= 4 is 63.4 Å². The Morgan fingerprint density at radius 1 is 1.28 bits per heavy atom. The summed E-state index contributed by atoms with van der Waals surface area (Å²) in [5.41, 5.74) is 0.620. The second kappa shape index (κ2) is 8.75. The van der Waals surface area contributed by atoms with Gasteiger partial charge >= 0.3 is 5.97 Å². The molecule has 0 fully saturated rings. The van der Waals surface area contributed by atoms with E-state index in [0.717, 1.165) is 11.3 Å². The predicted molar refractivity (Wildman–Crippen MR) is 97.2 cm³/mol. The maximum absolute atomic E-state index is 11.9. The van der Waals surface area contributed by atoms with E-state index in [1.165, 1.54) is 11.5 Å². The number of Topliss-reactive ketones (excluding diaryl/α,β-unsaturated/α-hetero) is 1. The Morgan fingerprint density at radius 3 is 2.72 bits per heavy atom.